The van der Waals surface area contributed by atoms with Crippen LogP contribution < -0.4 is 29.8 Å². The van der Waals surface area contributed by atoms with Crippen LogP contribution in [0.2, 0.25) is 0 Å². The Morgan fingerprint density at radius 2 is 1.79 bits per heavy atom. The zero-order valence-corrected chi connectivity index (χ0v) is 18.2. The molecule has 2 heterocycles. The number of rotatable bonds is 7. The highest BCUT2D eigenvalue weighted by molar-refractivity contribution is 6.00. The minimum absolute atomic E-state index is 0.257. The molecular weight excluding hydrogens is 428 g/mol. The summed E-state index contributed by atoms with van der Waals surface area (Å²) in [4.78, 5) is 25.1. The summed E-state index contributed by atoms with van der Waals surface area (Å²) in [6.07, 6.45) is 0.540. The van der Waals surface area contributed by atoms with E-state index in [1.54, 1.807) is 49.4 Å². The number of aromatic amines is 1. The van der Waals surface area contributed by atoms with Gasteiger partial charge in [0.25, 0.3) is 11.8 Å². The fourth-order valence-corrected chi connectivity index (χ4v) is 3.20. The van der Waals surface area contributed by atoms with Crippen molar-refractivity contribution in [2.75, 3.05) is 19.8 Å². The van der Waals surface area contributed by atoms with Crippen molar-refractivity contribution in [3.63, 3.8) is 0 Å². The lowest BCUT2D eigenvalue weighted by atomic mass is 10.1. The number of nitrogens with one attached hydrogen (secondary N) is 3. The van der Waals surface area contributed by atoms with Crippen molar-refractivity contribution in [1.29, 1.82) is 0 Å². The molecular formula is C23H24N4O6. The van der Waals surface area contributed by atoms with Crippen molar-refractivity contribution >= 4 is 11.8 Å². The second-order valence-corrected chi connectivity index (χ2v) is 7.12. The summed E-state index contributed by atoms with van der Waals surface area (Å²) in [7, 11) is 0. The molecule has 0 fully saturated rings. The normalized spacial score (nSPS) is 13.0. The van der Waals surface area contributed by atoms with Crippen LogP contribution >= 0.6 is 0 Å². The van der Waals surface area contributed by atoms with Gasteiger partial charge in [-0.15, -0.1) is 0 Å². The number of fused-ring (bicyclic) bond motifs is 1. The van der Waals surface area contributed by atoms with Gasteiger partial charge in [0.1, 0.15) is 24.7 Å². The third-order valence-corrected chi connectivity index (χ3v) is 4.83. The van der Waals surface area contributed by atoms with Crippen LogP contribution in [0, 0.1) is 0 Å². The summed E-state index contributed by atoms with van der Waals surface area (Å²) in [6.45, 7) is 4.98. The first-order valence-corrected chi connectivity index (χ1v) is 10.5. The summed E-state index contributed by atoms with van der Waals surface area (Å²) in [6, 6.07) is 12.3. The van der Waals surface area contributed by atoms with E-state index in [-0.39, 0.29) is 5.56 Å². The van der Waals surface area contributed by atoms with E-state index in [0.717, 1.165) is 0 Å². The maximum atomic E-state index is 12.7. The lowest BCUT2D eigenvalue weighted by Gasteiger charge is -2.19. The number of carbonyl (C=O) groups excluding carboxylic acids is 2. The molecule has 1 aliphatic heterocycles. The van der Waals surface area contributed by atoms with Crippen LogP contribution in [0.15, 0.2) is 48.7 Å². The first kappa shape index (κ1) is 22.0. The number of aromatic nitrogens is 2. The third-order valence-electron chi connectivity index (χ3n) is 4.83. The number of hydrogen-bond donors (Lipinski definition) is 3. The molecule has 0 radical (unpaired) electrons. The zero-order chi connectivity index (χ0) is 23.2. The number of benzene rings is 2. The van der Waals surface area contributed by atoms with E-state index in [9.17, 15) is 9.59 Å². The highest BCUT2D eigenvalue weighted by Gasteiger charge is 2.20. The number of hydrazine groups is 1. The molecule has 33 heavy (non-hydrogen) atoms. The van der Waals surface area contributed by atoms with E-state index in [4.69, 9.17) is 18.9 Å². The Bertz CT molecular complexity index is 1130. The Morgan fingerprint density at radius 3 is 2.55 bits per heavy atom. The Morgan fingerprint density at radius 1 is 1.06 bits per heavy atom. The van der Waals surface area contributed by atoms with Crippen molar-refractivity contribution < 1.29 is 28.5 Å². The standard InChI is InChI=1S/C23H24N4O6/c1-3-30-16-5-7-17(8-6-16)33-14(2)22(28)26-27-23(29)18-13-24-25-21(18)15-4-9-19-20(12-15)32-11-10-31-19/h4-9,12-14H,3,10-11H2,1-2H3,(H,24,25)(H,26,28)(H,27,29)/t14-/m1/s1. The highest BCUT2D eigenvalue weighted by atomic mass is 16.6. The van der Waals surface area contributed by atoms with Crippen LogP contribution in [0.3, 0.4) is 0 Å². The zero-order valence-electron chi connectivity index (χ0n) is 18.2. The molecule has 1 aliphatic rings. The van der Waals surface area contributed by atoms with E-state index in [1.165, 1.54) is 6.20 Å². The lowest BCUT2D eigenvalue weighted by Crippen LogP contribution is -2.47. The number of hydrogen-bond acceptors (Lipinski definition) is 7. The maximum Gasteiger partial charge on any atom is 0.279 e. The summed E-state index contributed by atoms with van der Waals surface area (Å²) in [5.74, 6) is 1.40. The van der Waals surface area contributed by atoms with Crippen molar-refractivity contribution in [3.05, 3.63) is 54.2 Å². The minimum atomic E-state index is -0.843. The topological polar surface area (TPSA) is 124 Å². The van der Waals surface area contributed by atoms with Crippen molar-refractivity contribution in [3.8, 4) is 34.3 Å². The molecule has 0 bridgehead atoms. The number of amides is 2. The maximum absolute atomic E-state index is 12.7. The van der Waals surface area contributed by atoms with Gasteiger partial charge in [-0.05, 0) is 56.3 Å². The quantitative estimate of drug-likeness (QED) is 0.471. The van der Waals surface area contributed by atoms with Crippen molar-refractivity contribution in [1.82, 2.24) is 21.0 Å². The lowest BCUT2D eigenvalue weighted by molar-refractivity contribution is -0.128. The summed E-state index contributed by atoms with van der Waals surface area (Å²) in [5, 5.41) is 6.78. The molecule has 0 saturated heterocycles. The van der Waals surface area contributed by atoms with Gasteiger partial charge >= 0.3 is 0 Å². The molecule has 1 aromatic heterocycles. The molecule has 4 rings (SSSR count). The van der Waals surface area contributed by atoms with Gasteiger partial charge in [-0.2, -0.15) is 5.10 Å². The van der Waals surface area contributed by atoms with Crippen molar-refractivity contribution in [2.24, 2.45) is 0 Å². The van der Waals surface area contributed by atoms with E-state index in [0.29, 0.717) is 54.1 Å². The van der Waals surface area contributed by atoms with Gasteiger partial charge < -0.3 is 18.9 Å². The molecule has 2 amide bonds. The van der Waals surface area contributed by atoms with Crippen LogP contribution in [0.4, 0.5) is 0 Å². The van der Waals surface area contributed by atoms with Gasteiger partial charge in [0.15, 0.2) is 17.6 Å². The van der Waals surface area contributed by atoms with E-state index < -0.39 is 17.9 Å². The summed E-state index contributed by atoms with van der Waals surface area (Å²) in [5.41, 5.74) is 6.21. The van der Waals surface area contributed by atoms with Gasteiger partial charge in [0.2, 0.25) is 0 Å². The molecule has 0 aliphatic carbocycles. The molecule has 3 N–H and O–H groups in total. The molecule has 0 saturated carbocycles. The average molecular weight is 452 g/mol. The second kappa shape index (κ2) is 9.94. The van der Waals surface area contributed by atoms with E-state index in [1.807, 2.05) is 6.92 Å². The van der Waals surface area contributed by atoms with Crippen molar-refractivity contribution in [2.45, 2.75) is 20.0 Å². The fourth-order valence-electron chi connectivity index (χ4n) is 3.20. The first-order chi connectivity index (χ1) is 16.0. The third kappa shape index (κ3) is 5.17. The molecule has 10 heteroatoms. The molecule has 2 aromatic carbocycles. The Balaban J connectivity index is 1.35. The molecule has 1 atom stereocenters. The fraction of sp³-hybridized carbons (Fsp3) is 0.261. The van der Waals surface area contributed by atoms with Crippen LogP contribution in [0.1, 0.15) is 24.2 Å². The van der Waals surface area contributed by atoms with Gasteiger partial charge in [0.05, 0.1) is 24.1 Å². The summed E-state index contributed by atoms with van der Waals surface area (Å²) >= 11 is 0. The minimum Gasteiger partial charge on any atom is -0.494 e. The second-order valence-electron chi connectivity index (χ2n) is 7.12. The van der Waals surface area contributed by atoms with Gasteiger partial charge in [-0.3, -0.25) is 25.5 Å². The monoisotopic (exact) mass is 452 g/mol. The smallest absolute Gasteiger partial charge is 0.279 e. The number of H-pyrrole nitrogens is 1. The SMILES string of the molecule is CCOc1ccc(O[C@H](C)C(=O)NNC(=O)c2cn[nH]c2-c2ccc3c(c2)OCCO3)cc1. The van der Waals surface area contributed by atoms with Crippen LogP contribution in [0.25, 0.3) is 11.3 Å². The largest absolute Gasteiger partial charge is 0.494 e. The first-order valence-electron chi connectivity index (χ1n) is 10.5. The number of ether oxygens (including phenoxy) is 4. The van der Waals surface area contributed by atoms with Crippen LogP contribution in [-0.4, -0.2) is 47.9 Å². The van der Waals surface area contributed by atoms with Gasteiger partial charge in [-0.1, -0.05) is 0 Å². The Kier molecular flexibility index (Phi) is 6.63. The van der Waals surface area contributed by atoms with Gasteiger partial charge in [0, 0.05) is 5.56 Å². The molecule has 3 aromatic rings. The Hall–Kier alpha value is -4.21. The molecule has 0 spiro atoms. The highest BCUT2D eigenvalue weighted by Crippen LogP contribution is 2.34. The number of nitrogens with zero attached hydrogens (tertiary/aromatic N) is 1. The predicted molar refractivity (Wildman–Crippen MR) is 118 cm³/mol. The molecule has 10 nitrogen and oxygen atoms in total. The predicted octanol–water partition coefficient (Wildman–Crippen LogP) is 2.48. The molecule has 0 unspecified atom stereocenters. The van der Waals surface area contributed by atoms with Crippen LogP contribution in [0.5, 0.6) is 23.0 Å². The number of carbonyl (C=O) groups is 2. The summed E-state index contributed by atoms with van der Waals surface area (Å²) < 4.78 is 22.1. The Labute approximate surface area is 190 Å². The van der Waals surface area contributed by atoms with Crippen LogP contribution in [-0.2, 0) is 4.79 Å². The average Bonchev–Trinajstić information content (AvgIpc) is 3.33. The van der Waals surface area contributed by atoms with E-state index in [2.05, 4.69) is 21.0 Å². The van der Waals surface area contributed by atoms with Gasteiger partial charge in [-0.25, -0.2) is 0 Å². The van der Waals surface area contributed by atoms with E-state index >= 15 is 0 Å². The molecule has 172 valence electrons.